The maximum Gasteiger partial charge on any atom is 0.417 e. The molecule has 2 aliphatic carbocycles. The van der Waals surface area contributed by atoms with E-state index in [4.69, 9.17) is 20.9 Å². The number of amides is 1. The van der Waals surface area contributed by atoms with Gasteiger partial charge in [-0.3, -0.25) is 4.79 Å². The predicted octanol–water partition coefficient (Wildman–Crippen LogP) is 5.81. The lowest BCUT2D eigenvalue weighted by Crippen LogP contribution is -2.58. The third kappa shape index (κ3) is 6.52. The third-order valence-corrected chi connectivity index (χ3v) is 12.6. The molecule has 2 saturated carbocycles. The molecule has 5 atom stereocenters. The summed E-state index contributed by atoms with van der Waals surface area (Å²) in [5.74, 6) is 1.24. The summed E-state index contributed by atoms with van der Waals surface area (Å²) >= 11 is 0. The number of phenols is 1. The number of hydrogen-bond acceptors (Lipinski definition) is 10. The summed E-state index contributed by atoms with van der Waals surface area (Å²) in [4.78, 5) is 33.0. The lowest BCUT2D eigenvalue weighted by Gasteiger charge is -2.42. The minimum Gasteiger partial charge on any atom is -0.508 e. The molecular weight excluding hydrogens is 751 g/mol. The third-order valence-electron chi connectivity index (χ3n) is 12.6. The van der Waals surface area contributed by atoms with E-state index in [0.717, 1.165) is 50.4 Å². The van der Waals surface area contributed by atoms with Gasteiger partial charge in [-0.15, -0.1) is 6.42 Å². The number of nitrogens with zero attached hydrogens (tertiary/aromatic N) is 6. The van der Waals surface area contributed by atoms with E-state index < -0.39 is 47.8 Å². The van der Waals surface area contributed by atoms with E-state index in [9.17, 15) is 28.2 Å². The number of terminal acetylenes is 1. The molecule has 57 heavy (non-hydrogen) atoms. The van der Waals surface area contributed by atoms with Crippen LogP contribution in [0, 0.1) is 41.2 Å². The number of carbonyl (C=O) groups excluding carboxylic acids is 1. The van der Waals surface area contributed by atoms with Gasteiger partial charge in [0.05, 0.1) is 25.7 Å². The van der Waals surface area contributed by atoms with Crippen LogP contribution >= 0.6 is 0 Å². The highest BCUT2D eigenvalue weighted by Crippen LogP contribution is 2.51. The highest BCUT2D eigenvalue weighted by Gasteiger charge is 2.54. The number of alkyl halides is 3. The molecule has 16 heteroatoms. The molecule has 2 aromatic heterocycles. The summed E-state index contributed by atoms with van der Waals surface area (Å²) in [6, 6.07) is 4.01. The summed E-state index contributed by atoms with van der Waals surface area (Å²) in [5.41, 5.74) is -4.02. The number of halogens is 5. The summed E-state index contributed by atoms with van der Waals surface area (Å²) in [5, 5.41) is 21.4. The molecule has 3 aliphatic heterocycles. The molecule has 0 spiro atoms. The number of piperidine rings is 1. The number of pyridine rings is 1. The second-order valence-corrected chi connectivity index (χ2v) is 16.8. The van der Waals surface area contributed by atoms with E-state index in [1.165, 1.54) is 36.6 Å². The van der Waals surface area contributed by atoms with Crippen molar-refractivity contribution in [2.75, 3.05) is 51.3 Å². The smallest absolute Gasteiger partial charge is 0.417 e. The lowest BCUT2D eigenvalue weighted by molar-refractivity contribution is -0.254. The number of fused-ring (bicyclic) bond motifs is 5. The average molecular weight is 793 g/mol. The maximum absolute atomic E-state index is 17.3. The number of phenolic OH excluding ortho intramolecular Hbond substituents is 1. The van der Waals surface area contributed by atoms with Crippen molar-refractivity contribution < 1.29 is 46.4 Å². The number of carbonyl (C=O) groups is 1. The Morgan fingerprint density at radius 2 is 1.74 bits per heavy atom. The van der Waals surface area contributed by atoms with Gasteiger partial charge >= 0.3 is 12.2 Å². The number of rotatable bonds is 10. The van der Waals surface area contributed by atoms with Gasteiger partial charge < -0.3 is 34.4 Å². The van der Waals surface area contributed by atoms with Crippen molar-refractivity contribution in [3.63, 3.8) is 0 Å². The number of likely N-dealkylation sites (tertiary alicyclic amines) is 1. The first-order valence-corrected chi connectivity index (χ1v) is 19.2. The molecule has 3 saturated heterocycles. The molecular formula is C41H41F5N6O5. The number of piperazine rings is 1. The molecule has 300 valence electrons. The van der Waals surface area contributed by atoms with E-state index in [0.29, 0.717) is 25.2 Å². The first-order chi connectivity index (χ1) is 27.1. The van der Waals surface area contributed by atoms with Crippen molar-refractivity contribution >= 4 is 33.4 Å². The molecule has 11 nitrogen and oxygen atoms in total. The zero-order valence-corrected chi connectivity index (χ0v) is 31.4. The fraction of sp³-hybridized carbons (Fsp3) is 0.512. The summed E-state index contributed by atoms with van der Waals surface area (Å²) in [6.07, 6.45) is 3.77. The van der Waals surface area contributed by atoms with E-state index in [2.05, 4.69) is 20.8 Å². The molecule has 0 radical (unpaired) electrons. The Bertz CT molecular complexity index is 2340. The molecule has 2 aromatic carbocycles. The fourth-order valence-electron chi connectivity index (χ4n) is 9.29. The number of ether oxygens (including phenoxy) is 2. The number of hydrogen-bond donors (Lipinski definition) is 2. The Kier molecular flexibility index (Phi) is 8.74. The van der Waals surface area contributed by atoms with Gasteiger partial charge in [0.15, 0.2) is 11.4 Å². The van der Waals surface area contributed by atoms with Gasteiger partial charge in [-0.2, -0.15) is 23.1 Å². The van der Waals surface area contributed by atoms with Crippen molar-refractivity contribution in [1.29, 1.82) is 0 Å². The van der Waals surface area contributed by atoms with Crippen LogP contribution < -0.4 is 14.4 Å². The minimum atomic E-state index is -5.00. The van der Waals surface area contributed by atoms with E-state index in [1.807, 2.05) is 4.90 Å². The highest BCUT2D eigenvalue weighted by molar-refractivity contribution is 6.04. The van der Waals surface area contributed by atoms with Crippen molar-refractivity contribution in [1.82, 2.24) is 24.8 Å². The van der Waals surface area contributed by atoms with E-state index >= 15 is 8.78 Å². The van der Waals surface area contributed by atoms with Gasteiger partial charge in [0.1, 0.15) is 34.0 Å². The predicted molar refractivity (Wildman–Crippen MR) is 199 cm³/mol. The Morgan fingerprint density at radius 3 is 2.37 bits per heavy atom. The molecule has 5 heterocycles. The highest BCUT2D eigenvalue weighted by atomic mass is 19.4. The largest absolute Gasteiger partial charge is 0.508 e. The number of anilines is 1. The Morgan fingerprint density at radius 1 is 1.04 bits per heavy atom. The van der Waals surface area contributed by atoms with E-state index in [1.54, 1.807) is 0 Å². The monoisotopic (exact) mass is 792 g/mol. The average Bonchev–Trinajstić information content (AvgIpc) is 4.04. The van der Waals surface area contributed by atoms with Crippen LogP contribution in [0.25, 0.3) is 32.9 Å². The van der Waals surface area contributed by atoms with Crippen LogP contribution in [0.4, 0.5) is 27.8 Å². The Hall–Kier alpha value is -5.01. The number of benzene rings is 2. The number of aromatic nitrogens is 3. The van der Waals surface area contributed by atoms with Gasteiger partial charge in [0.25, 0.3) is 0 Å². The van der Waals surface area contributed by atoms with E-state index in [-0.39, 0.29) is 81.7 Å². The van der Waals surface area contributed by atoms with Crippen LogP contribution in [0.2, 0.25) is 0 Å². The molecule has 1 amide bonds. The van der Waals surface area contributed by atoms with Crippen LogP contribution in [0.1, 0.15) is 51.0 Å². The molecule has 5 aliphatic rings. The lowest BCUT2D eigenvalue weighted by atomic mass is 9.95. The van der Waals surface area contributed by atoms with Crippen LogP contribution in [0.3, 0.4) is 0 Å². The van der Waals surface area contributed by atoms with Crippen LogP contribution in [-0.4, -0.2) is 111 Å². The minimum absolute atomic E-state index is 0.00159. The summed E-state index contributed by atoms with van der Waals surface area (Å²) in [7, 11) is 1.33. The quantitative estimate of drug-likeness (QED) is 0.150. The second kappa shape index (κ2) is 13.3. The Balaban J connectivity index is 1.12. The molecule has 2 bridgehead atoms. The van der Waals surface area contributed by atoms with Crippen LogP contribution in [-0.2, 0) is 4.79 Å². The molecule has 2 N–H and O–H groups in total. The molecule has 4 aromatic rings. The second-order valence-electron chi connectivity index (χ2n) is 16.8. The first-order valence-electron chi connectivity index (χ1n) is 19.2. The van der Waals surface area contributed by atoms with Crippen molar-refractivity contribution in [3.8, 4) is 41.2 Å². The van der Waals surface area contributed by atoms with Crippen molar-refractivity contribution in [2.45, 2.75) is 69.3 Å². The normalized spacial score (nSPS) is 24.7. The van der Waals surface area contributed by atoms with Crippen molar-refractivity contribution in [3.05, 3.63) is 41.5 Å². The molecule has 5 fully saturated rings. The van der Waals surface area contributed by atoms with Gasteiger partial charge in [-0.1, -0.05) is 12.0 Å². The van der Waals surface area contributed by atoms with Gasteiger partial charge in [-0.05, 0) is 74.4 Å². The number of methoxy groups -OCH3 is 1. The summed E-state index contributed by atoms with van der Waals surface area (Å²) < 4.78 is 85.1. The zero-order chi connectivity index (χ0) is 40.2. The standard InChI is InChI=1S/C41H41F5N6O5/c1-4-27-29(42)8-5-21-12-26(53)13-28(31(21)27)34-33(43)35-32(37(47-34)56-3)36(49-38(48-35)57-20-40(9-10-40)19-50-15-22-11-23(22)16-50)51-17-24-6-7-25(18-51)52(24)30(54)14-39(2,55)41(44,45)46/h1,5,8,12-13,22-25,53,55H,6-7,9-11,14-20H2,2-3H3. The fourth-order valence-corrected chi connectivity index (χ4v) is 9.29. The van der Waals surface area contributed by atoms with Crippen molar-refractivity contribution in [2.24, 2.45) is 17.3 Å². The first kappa shape index (κ1) is 37.6. The zero-order valence-electron chi connectivity index (χ0n) is 31.4. The number of aromatic hydroxyl groups is 1. The molecule has 9 rings (SSSR count). The van der Waals surface area contributed by atoms with Crippen LogP contribution in [0.15, 0.2) is 24.3 Å². The molecule has 5 unspecified atom stereocenters. The maximum atomic E-state index is 17.3. The Labute approximate surface area is 324 Å². The number of aliphatic hydroxyl groups is 1. The van der Waals surface area contributed by atoms with Gasteiger partial charge in [0, 0.05) is 61.2 Å². The van der Waals surface area contributed by atoms with Crippen LogP contribution in [0.5, 0.6) is 17.6 Å². The summed E-state index contributed by atoms with van der Waals surface area (Å²) in [6.45, 7) is 4.13. The topological polar surface area (TPSA) is 124 Å². The SMILES string of the molecule is C#Cc1c(F)ccc2cc(O)cc(-c3nc(OC)c4c(N5CC6CCC(C5)N6C(=O)CC(C)(O)C(F)(F)F)nc(OCC5(CN6CC7CC7C6)CC5)nc4c3F)c12. The van der Waals surface area contributed by atoms with Gasteiger partial charge in [0.2, 0.25) is 11.8 Å². The van der Waals surface area contributed by atoms with Gasteiger partial charge in [-0.25, -0.2) is 13.8 Å².